The highest BCUT2D eigenvalue weighted by Crippen LogP contribution is 2.40. The molecule has 1 amide bonds. The van der Waals surface area contributed by atoms with E-state index in [0.29, 0.717) is 12.5 Å². The Morgan fingerprint density at radius 3 is 2.58 bits per heavy atom. The van der Waals surface area contributed by atoms with Crippen LogP contribution < -0.4 is 0 Å². The molecule has 2 fully saturated rings. The number of benzene rings is 1. The Hall–Kier alpha value is -1.39. The third-order valence-electron chi connectivity index (χ3n) is 5.66. The van der Waals surface area contributed by atoms with Gasteiger partial charge in [0.05, 0.1) is 12.0 Å². The summed E-state index contributed by atoms with van der Waals surface area (Å²) in [6, 6.07) is 8.91. The lowest BCUT2D eigenvalue weighted by atomic mass is 9.78. The molecule has 2 heterocycles. The Kier molecular flexibility index (Phi) is 5.57. The molecule has 0 radical (unpaired) electrons. The molecule has 0 bridgehead atoms. The number of carbonyl (C=O) groups excluding carboxylic acids is 1. The molecule has 3 rings (SSSR count). The zero-order chi connectivity index (χ0) is 17.0. The van der Waals surface area contributed by atoms with Crippen LogP contribution in [0.4, 0.5) is 0 Å². The predicted octanol–water partition coefficient (Wildman–Crippen LogP) is 2.71. The van der Waals surface area contributed by atoms with Crippen LogP contribution in [0.5, 0.6) is 0 Å². The van der Waals surface area contributed by atoms with Crippen LogP contribution in [0.3, 0.4) is 0 Å². The summed E-state index contributed by atoms with van der Waals surface area (Å²) < 4.78 is 5.16. The van der Waals surface area contributed by atoms with Crippen molar-refractivity contribution < 1.29 is 9.53 Å². The van der Waals surface area contributed by atoms with E-state index in [1.54, 1.807) is 7.11 Å². The van der Waals surface area contributed by atoms with E-state index in [1.807, 2.05) is 4.90 Å². The van der Waals surface area contributed by atoms with Crippen molar-refractivity contribution in [2.45, 2.75) is 39.2 Å². The minimum Gasteiger partial charge on any atom is -0.383 e. The Bertz CT molecular complexity index is 557. The van der Waals surface area contributed by atoms with Crippen LogP contribution in [0.25, 0.3) is 0 Å². The van der Waals surface area contributed by atoms with Crippen LogP contribution in [0.15, 0.2) is 24.3 Å². The van der Waals surface area contributed by atoms with Crippen LogP contribution in [-0.2, 0) is 22.5 Å². The summed E-state index contributed by atoms with van der Waals surface area (Å²) in [7, 11) is 1.70. The number of amides is 1. The van der Waals surface area contributed by atoms with E-state index in [-0.39, 0.29) is 5.41 Å². The number of aryl methyl sites for hydroxylation is 1. The number of carbonyl (C=O) groups is 1. The highest BCUT2D eigenvalue weighted by molar-refractivity contribution is 5.84. The number of ether oxygens (including phenoxy) is 1. The van der Waals surface area contributed by atoms with Crippen molar-refractivity contribution in [2.24, 2.45) is 5.41 Å². The highest BCUT2D eigenvalue weighted by atomic mass is 16.5. The van der Waals surface area contributed by atoms with Gasteiger partial charge in [0, 0.05) is 33.3 Å². The van der Waals surface area contributed by atoms with Crippen LogP contribution in [0.2, 0.25) is 0 Å². The van der Waals surface area contributed by atoms with Gasteiger partial charge >= 0.3 is 0 Å². The first-order valence-electron chi connectivity index (χ1n) is 9.25. The fourth-order valence-electron chi connectivity index (χ4n) is 4.18. The lowest BCUT2D eigenvalue weighted by molar-refractivity contribution is -0.146. The summed E-state index contributed by atoms with van der Waals surface area (Å²) in [5.41, 5.74) is 2.59. The van der Waals surface area contributed by atoms with Gasteiger partial charge in [-0.3, -0.25) is 9.69 Å². The summed E-state index contributed by atoms with van der Waals surface area (Å²) in [5, 5.41) is 0. The van der Waals surface area contributed by atoms with Gasteiger partial charge in [0.15, 0.2) is 0 Å². The molecule has 1 spiro atoms. The maximum atomic E-state index is 13.0. The largest absolute Gasteiger partial charge is 0.383 e. The minimum atomic E-state index is -0.144. The van der Waals surface area contributed by atoms with E-state index in [0.717, 1.165) is 58.4 Å². The van der Waals surface area contributed by atoms with Crippen molar-refractivity contribution in [1.82, 2.24) is 9.80 Å². The molecule has 2 saturated heterocycles. The second-order valence-corrected chi connectivity index (χ2v) is 7.30. The Labute approximate surface area is 145 Å². The zero-order valence-electron chi connectivity index (χ0n) is 15.1. The second kappa shape index (κ2) is 7.66. The summed E-state index contributed by atoms with van der Waals surface area (Å²) in [6.07, 6.45) is 4.25. The van der Waals surface area contributed by atoms with E-state index in [1.165, 1.54) is 11.1 Å². The molecule has 2 aliphatic heterocycles. The third kappa shape index (κ3) is 3.65. The van der Waals surface area contributed by atoms with Gasteiger partial charge in [-0.2, -0.15) is 0 Å². The lowest BCUT2D eigenvalue weighted by Gasteiger charge is -2.39. The molecule has 1 atom stereocenters. The van der Waals surface area contributed by atoms with Crippen molar-refractivity contribution in [3.8, 4) is 0 Å². The average molecular weight is 330 g/mol. The standard InChI is InChI=1S/C20H30N2O2/c1-3-17-5-7-18(8-6-17)15-21-12-10-20(16-21)9-4-11-22(19(20)23)13-14-24-2/h5-8H,3-4,9-16H2,1-2H3. The van der Waals surface area contributed by atoms with Gasteiger partial charge in [-0.05, 0) is 43.4 Å². The molecule has 0 saturated carbocycles. The molecule has 0 aromatic heterocycles. The fourth-order valence-corrected chi connectivity index (χ4v) is 4.18. The maximum absolute atomic E-state index is 13.0. The number of likely N-dealkylation sites (tertiary alicyclic amines) is 2. The Balaban J connectivity index is 1.61. The number of hydrogen-bond donors (Lipinski definition) is 0. The number of methoxy groups -OCH3 is 1. The molecule has 2 aliphatic rings. The molecule has 0 N–H and O–H groups in total. The molecular weight excluding hydrogens is 300 g/mol. The third-order valence-corrected chi connectivity index (χ3v) is 5.66. The number of nitrogens with zero attached hydrogens (tertiary/aromatic N) is 2. The first kappa shape index (κ1) is 17.4. The van der Waals surface area contributed by atoms with Crippen molar-refractivity contribution in [3.05, 3.63) is 35.4 Å². The maximum Gasteiger partial charge on any atom is 0.230 e. The molecule has 1 aromatic rings. The van der Waals surface area contributed by atoms with Gasteiger partial charge < -0.3 is 9.64 Å². The average Bonchev–Trinajstić information content (AvgIpc) is 3.01. The van der Waals surface area contributed by atoms with Crippen LogP contribution in [0, 0.1) is 5.41 Å². The van der Waals surface area contributed by atoms with Crippen LogP contribution >= 0.6 is 0 Å². The quantitative estimate of drug-likeness (QED) is 0.804. The van der Waals surface area contributed by atoms with E-state index >= 15 is 0 Å². The normalized spacial score (nSPS) is 24.9. The summed E-state index contributed by atoms with van der Waals surface area (Å²) in [5.74, 6) is 0.356. The van der Waals surface area contributed by atoms with Gasteiger partial charge in [0.2, 0.25) is 5.91 Å². The van der Waals surface area contributed by atoms with Crippen molar-refractivity contribution in [2.75, 3.05) is 39.9 Å². The Morgan fingerprint density at radius 2 is 1.88 bits per heavy atom. The molecule has 132 valence electrons. The summed E-state index contributed by atoms with van der Waals surface area (Å²) in [4.78, 5) is 17.5. The van der Waals surface area contributed by atoms with Crippen LogP contribution in [0.1, 0.15) is 37.3 Å². The summed E-state index contributed by atoms with van der Waals surface area (Å²) in [6.45, 7) is 7.33. The predicted molar refractivity (Wildman–Crippen MR) is 95.8 cm³/mol. The molecule has 4 nitrogen and oxygen atoms in total. The smallest absolute Gasteiger partial charge is 0.230 e. The highest BCUT2D eigenvalue weighted by Gasteiger charge is 2.47. The number of piperidine rings is 1. The SMILES string of the molecule is CCc1ccc(CN2CCC3(CCCN(CCOC)C3=O)C2)cc1. The summed E-state index contributed by atoms with van der Waals surface area (Å²) >= 11 is 0. The molecular formula is C20H30N2O2. The van der Waals surface area contributed by atoms with Crippen molar-refractivity contribution >= 4 is 5.91 Å². The first-order valence-corrected chi connectivity index (χ1v) is 9.25. The molecule has 24 heavy (non-hydrogen) atoms. The Morgan fingerprint density at radius 1 is 1.12 bits per heavy atom. The monoisotopic (exact) mass is 330 g/mol. The molecule has 0 aliphatic carbocycles. The molecule has 4 heteroatoms. The van der Waals surface area contributed by atoms with Crippen molar-refractivity contribution in [1.29, 1.82) is 0 Å². The topological polar surface area (TPSA) is 32.8 Å². The van der Waals surface area contributed by atoms with Crippen molar-refractivity contribution in [3.63, 3.8) is 0 Å². The van der Waals surface area contributed by atoms with E-state index in [4.69, 9.17) is 4.74 Å². The number of hydrogen-bond acceptors (Lipinski definition) is 3. The number of rotatable bonds is 6. The zero-order valence-corrected chi connectivity index (χ0v) is 15.1. The van der Waals surface area contributed by atoms with Gasteiger partial charge in [0.25, 0.3) is 0 Å². The van der Waals surface area contributed by atoms with Gasteiger partial charge in [0.1, 0.15) is 0 Å². The second-order valence-electron chi connectivity index (χ2n) is 7.30. The van der Waals surface area contributed by atoms with E-state index < -0.39 is 0 Å². The first-order chi connectivity index (χ1) is 11.7. The van der Waals surface area contributed by atoms with Gasteiger partial charge in [-0.1, -0.05) is 31.2 Å². The fraction of sp³-hybridized carbons (Fsp3) is 0.650. The lowest BCUT2D eigenvalue weighted by Crippen LogP contribution is -2.50. The van der Waals surface area contributed by atoms with Crippen LogP contribution in [-0.4, -0.2) is 55.6 Å². The van der Waals surface area contributed by atoms with E-state index in [2.05, 4.69) is 36.1 Å². The van der Waals surface area contributed by atoms with Gasteiger partial charge in [-0.25, -0.2) is 0 Å². The minimum absolute atomic E-state index is 0.144. The van der Waals surface area contributed by atoms with Gasteiger partial charge in [-0.15, -0.1) is 0 Å². The molecule has 1 aromatic carbocycles. The molecule has 1 unspecified atom stereocenters. The van der Waals surface area contributed by atoms with E-state index in [9.17, 15) is 4.79 Å².